The maximum Gasteiger partial charge on any atom is 0.127 e. The molecule has 0 aliphatic rings. The Labute approximate surface area is 136 Å². The van der Waals surface area contributed by atoms with Crippen LogP contribution in [0.25, 0.3) is 11.0 Å². The van der Waals surface area contributed by atoms with Gasteiger partial charge in [0.05, 0.1) is 17.1 Å². The van der Waals surface area contributed by atoms with E-state index >= 15 is 0 Å². The van der Waals surface area contributed by atoms with Gasteiger partial charge in [-0.3, -0.25) is 0 Å². The van der Waals surface area contributed by atoms with Gasteiger partial charge in [-0.1, -0.05) is 44.5 Å². The first-order chi connectivity index (χ1) is 11.1. The van der Waals surface area contributed by atoms with E-state index in [4.69, 9.17) is 10.7 Å². The number of hydrogen-bond donors (Lipinski definition) is 1. The second-order valence-electron chi connectivity index (χ2n) is 6.09. The predicted octanol–water partition coefficient (Wildman–Crippen LogP) is 4.27. The number of rotatable bonds is 5. The standard InChI is InChI=1S/C19H22FN3/c1-3-13(2)18(21)19-22-16-9-4-5-10-17(16)23(19)12-14-7-6-8-15(20)11-14/h4-11,13,18H,3,12,21H2,1-2H3/t13?,18-/m0/s1. The third-order valence-electron chi connectivity index (χ3n) is 4.47. The molecule has 0 saturated heterocycles. The van der Waals surface area contributed by atoms with Crippen LogP contribution in [0.3, 0.4) is 0 Å². The molecule has 0 spiro atoms. The molecule has 1 aromatic heterocycles. The number of halogens is 1. The summed E-state index contributed by atoms with van der Waals surface area (Å²) < 4.78 is 15.6. The number of nitrogens with two attached hydrogens (primary N) is 1. The smallest absolute Gasteiger partial charge is 0.127 e. The third-order valence-corrected chi connectivity index (χ3v) is 4.47. The van der Waals surface area contributed by atoms with Gasteiger partial charge in [-0.25, -0.2) is 9.37 Å². The van der Waals surface area contributed by atoms with Crippen LogP contribution in [0.5, 0.6) is 0 Å². The van der Waals surface area contributed by atoms with E-state index in [1.165, 1.54) is 6.07 Å². The van der Waals surface area contributed by atoms with Crippen molar-refractivity contribution in [3.8, 4) is 0 Å². The molecule has 1 heterocycles. The lowest BCUT2D eigenvalue weighted by atomic mass is 9.99. The van der Waals surface area contributed by atoms with Crippen LogP contribution in [0.2, 0.25) is 0 Å². The molecule has 2 N–H and O–H groups in total. The molecular weight excluding hydrogens is 289 g/mol. The molecule has 23 heavy (non-hydrogen) atoms. The molecule has 0 radical (unpaired) electrons. The predicted molar refractivity (Wildman–Crippen MR) is 91.6 cm³/mol. The summed E-state index contributed by atoms with van der Waals surface area (Å²) in [5.41, 5.74) is 9.31. The second kappa shape index (κ2) is 6.50. The van der Waals surface area contributed by atoms with Crippen LogP contribution in [0.1, 0.15) is 37.7 Å². The van der Waals surface area contributed by atoms with Gasteiger partial charge >= 0.3 is 0 Å². The SMILES string of the molecule is CCC(C)[C@H](N)c1nc2ccccc2n1Cc1cccc(F)c1. The molecule has 120 valence electrons. The van der Waals surface area contributed by atoms with Crippen LogP contribution >= 0.6 is 0 Å². The average Bonchev–Trinajstić information content (AvgIpc) is 2.92. The fourth-order valence-corrected chi connectivity index (χ4v) is 2.84. The molecule has 2 atom stereocenters. The minimum absolute atomic E-state index is 0.138. The van der Waals surface area contributed by atoms with Gasteiger partial charge in [-0.05, 0) is 35.7 Å². The van der Waals surface area contributed by atoms with Gasteiger partial charge in [0, 0.05) is 6.54 Å². The number of fused-ring (bicyclic) bond motifs is 1. The van der Waals surface area contributed by atoms with Gasteiger partial charge < -0.3 is 10.3 Å². The Hall–Kier alpha value is -2.20. The molecule has 0 aliphatic heterocycles. The minimum Gasteiger partial charge on any atom is -0.322 e. The third kappa shape index (κ3) is 3.13. The first-order valence-electron chi connectivity index (χ1n) is 8.05. The van der Waals surface area contributed by atoms with Crippen molar-refractivity contribution in [3.05, 3.63) is 65.7 Å². The number of hydrogen-bond acceptors (Lipinski definition) is 2. The van der Waals surface area contributed by atoms with E-state index in [-0.39, 0.29) is 11.9 Å². The maximum atomic E-state index is 13.5. The van der Waals surface area contributed by atoms with E-state index in [1.54, 1.807) is 12.1 Å². The zero-order chi connectivity index (χ0) is 16.4. The van der Waals surface area contributed by atoms with Crippen molar-refractivity contribution < 1.29 is 4.39 Å². The summed E-state index contributed by atoms with van der Waals surface area (Å²) in [6, 6.07) is 14.5. The highest BCUT2D eigenvalue weighted by Crippen LogP contribution is 2.26. The zero-order valence-electron chi connectivity index (χ0n) is 13.5. The number of benzene rings is 2. The van der Waals surface area contributed by atoms with Crippen LogP contribution < -0.4 is 5.73 Å². The van der Waals surface area contributed by atoms with Crippen molar-refractivity contribution in [1.29, 1.82) is 0 Å². The van der Waals surface area contributed by atoms with E-state index < -0.39 is 0 Å². The van der Waals surface area contributed by atoms with E-state index in [0.717, 1.165) is 28.8 Å². The number of para-hydroxylation sites is 2. The molecule has 0 amide bonds. The Balaban J connectivity index is 2.09. The molecule has 0 aliphatic carbocycles. The molecule has 0 fully saturated rings. The van der Waals surface area contributed by atoms with Crippen molar-refractivity contribution in [2.75, 3.05) is 0 Å². The Morgan fingerprint density at radius 1 is 1.17 bits per heavy atom. The average molecular weight is 311 g/mol. The van der Waals surface area contributed by atoms with Crippen molar-refractivity contribution >= 4 is 11.0 Å². The lowest BCUT2D eigenvalue weighted by Crippen LogP contribution is -2.23. The minimum atomic E-state index is -0.223. The number of nitrogens with zero attached hydrogens (tertiary/aromatic N) is 2. The molecule has 0 bridgehead atoms. The Morgan fingerprint density at radius 3 is 2.70 bits per heavy atom. The molecule has 4 heteroatoms. The quantitative estimate of drug-likeness (QED) is 0.764. The topological polar surface area (TPSA) is 43.8 Å². The molecule has 3 aromatic rings. The van der Waals surface area contributed by atoms with Crippen molar-refractivity contribution in [2.24, 2.45) is 11.7 Å². The van der Waals surface area contributed by atoms with Crippen LogP contribution in [-0.2, 0) is 6.54 Å². The molecule has 3 nitrogen and oxygen atoms in total. The van der Waals surface area contributed by atoms with Gasteiger partial charge in [0.1, 0.15) is 11.6 Å². The first-order valence-corrected chi connectivity index (χ1v) is 8.05. The van der Waals surface area contributed by atoms with E-state index in [9.17, 15) is 4.39 Å². The highest BCUT2D eigenvalue weighted by Gasteiger charge is 2.21. The summed E-state index contributed by atoms with van der Waals surface area (Å²) in [7, 11) is 0. The highest BCUT2D eigenvalue weighted by atomic mass is 19.1. The fourth-order valence-electron chi connectivity index (χ4n) is 2.84. The van der Waals surface area contributed by atoms with Crippen LogP contribution in [0.15, 0.2) is 48.5 Å². The van der Waals surface area contributed by atoms with Gasteiger partial charge in [-0.15, -0.1) is 0 Å². The van der Waals surface area contributed by atoms with Gasteiger partial charge in [0.25, 0.3) is 0 Å². The molecule has 1 unspecified atom stereocenters. The van der Waals surface area contributed by atoms with Crippen LogP contribution in [0, 0.1) is 11.7 Å². The summed E-state index contributed by atoms with van der Waals surface area (Å²) in [4.78, 5) is 4.74. The second-order valence-corrected chi connectivity index (χ2v) is 6.09. The monoisotopic (exact) mass is 311 g/mol. The van der Waals surface area contributed by atoms with E-state index in [0.29, 0.717) is 12.5 Å². The Morgan fingerprint density at radius 2 is 1.96 bits per heavy atom. The van der Waals surface area contributed by atoms with Crippen molar-refractivity contribution in [1.82, 2.24) is 9.55 Å². The summed E-state index contributed by atoms with van der Waals surface area (Å²) in [6.07, 6.45) is 0.990. The Bertz CT molecular complexity index is 809. The zero-order valence-corrected chi connectivity index (χ0v) is 13.5. The lowest BCUT2D eigenvalue weighted by molar-refractivity contribution is 0.428. The largest absolute Gasteiger partial charge is 0.322 e. The molecular formula is C19H22FN3. The Kier molecular flexibility index (Phi) is 4.44. The normalized spacial score (nSPS) is 14.1. The van der Waals surface area contributed by atoms with Gasteiger partial charge in [0.15, 0.2) is 0 Å². The number of aromatic nitrogens is 2. The summed E-state index contributed by atoms with van der Waals surface area (Å²) in [5, 5.41) is 0. The van der Waals surface area contributed by atoms with Gasteiger partial charge in [-0.2, -0.15) is 0 Å². The molecule has 3 rings (SSSR count). The van der Waals surface area contributed by atoms with Gasteiger partial charge in [0.2, 0.25) is 0 Å². The van der Waals surface area contributed by atoms with Crippen molar-refractivity contribution in [2.45, 2.75) is 32.9 Å². The first kappa shape index (κ1) is 15.7. The lowest BCUT2D eigenvalue weighted by Gasteiger charge is -2.19. The van der Waals surface area contributed by atoms with Crippen molar-refractivity contribution in [3.63, 3.8) is 0 Å². The maximum absolute atomic E-state index is 13.5. The summed E-state index contributed by atoms with van der Waals surface area (Å²) in [5.74, 6) is 0.975. The fraction of sp³-hybridized carbons (Fsp3) is 0.316. The molecule has 2 aromatic carbocycles. The highest BCUT2D eigenvalue weighted by molar-refractivity contribution is 5.76. The van der Waals surface area contributed by atoms with Crippen LogP contribution in [-0.4, -0.2) is 9.55 Å². The molecule has 0 saturated carbocycles. The summed E-state index contributed by atoms with van der Waals surface area (Å²) >= 11 is 0. The summed E-state index contributed by atoms with van der Waals surface area (Å²) in [6.45, 7) is 4.83. The van der Waals surface area contributed by atoms with E-state index in [2.05, 4.69) is 18.4 Å². The van der Waals surface area contributed by atoms with E-state index in [1.807, 2.05) is 30.3 Å². The van der Waals surface area contributed by atoms with Crippen LogP contribution in [0.4, 0.5) is 4.39 Å². The number of imidazole rings is 1.